The molecule has 0 saturated heterocycles. The number of benzene rings is 2. The normalized spacial score (nSPS) is 11.1. The van der Waals surface area contributed by atoms with E-state index in [1.54, 1.807) is 36.4 Å². The molecule has 1 heterocycles. The summed E-state index contributed by atoms with van der Waals surface area (Å²) in [5.74, 6) is -10.3. The Kier molecular flexibility index (Phi) is 6.88. The molecule has 3 rings (SSSR count). The highest BCUT2D eigenvalue weighted by Gasteiger charge is 2.32. The summed E-state index contributed by atoms with van der Waals surface area (Å²) in [6.07, 6.45) is 0. The molecular formula is C18H10ClF5O5. The first-order valence-electron chi connectivity index (χ1n) is 7.54. The van der Waals surface area contributed by atoms with Crippen LogP contribution in [0.3, 0.4) is 0 Å². The Morgan fingerprint density at radius 3 is 1.62 bits per heavy atom. The van der Waals surface area contributed by atoms with E-state index in [-0.39, 0.29) is 5.76 Å². The topological polar surface area (TPSA) is 104 Å². The first-order valence-corrected chi connectivity index (χ1v) is 8.77. The Morgan fingerprint density at radius 2 is 1.14 bits per heavy atom. The number of halogens is 6. The van der Waals surface area contributed by atoms with Crippen LogP contribution in [0.2, 0.25) is 0 Å². The molecular weight excluding hydrogens is 427 g/mol. The molecule has 29 heavy (non-hydrogen) atoms. The predicted molar refractivity (Wildman–Crippen MR) is 78.5 cm³/mol. The Bertz CT molecular complexity index is 990. The van der Waals surface area contributed by atoms with E-state index in [1.807, 2.05) is 0 Å². The van der Waals surface area contributed by atoms with E-state index >= 15 is 0 Å². The van der Waals surface area contributed by atoms with Gasteiger partial charge in [-0.05, 0) is 5.56 Å². The molecule has 0 fully saturated rings. The molecule has 0 aliphatic rings. The molecule has 11 heteroatoms. The fourth-order valence-corrected chi connectivity index (χ4v) is 2.38. The third kappa shape index (κ3) is 5.68. The van der Waals surface area contributed by atoms with E-state index in [0.29, 0.717) is 11.1 Å². The minimum Gasteiger partial charge on any atom is -0.222 e. The number of aryl methyl sites for hydroxylation is 1. The standard InChI is InChI=1S/C18H10F5O.ClHO4/c1-9-7-11(10-5-3-2-4-6-10)8-12(24-9)13-14(19)16(21)18(23)17(22)15(13)20;2-1(3,4)5/h2-8H,1H3;(H,2,3,4,5)/q+1;/p-1. The molecule has 0 amide bonds. The monoisotopic (exact) mass is 436 g/mol. The quantitative estimate of drug-likeness (QED) is 0.259. The predicted octanol–water partition coefficient (Wildman–Crippen LogP) is 1.14. The average Bonchev–Trinajstić information content (AvgIpc) is 2.64. The lowest BCUT2D eigenvalue weighted by molar-refractivity contribution is -2.00. The maximum atomic E-state index is 14.0. The molecule has 2 aromatic carbocycles. The van der Waals surface area contributed by atoms with Crippen LogP contribution in [-0.2, 0) is 0 Å². The van der Waals surface area contributed by atoms with Crippen LogP contribution >= 0.6 is 0 Å². The van der Waals surface area contributed by atoms with Gasteiger partial charge in [-0.3, -0.25) is 0 Å². The summed E-state index contributed by atoms with van der Waals surface area (Å²) < 4.78 is 107. The highest BCUT2D eigenvalue weighted by molar-refractivity contribution is 5.70. The fraction of sp³-hybridized carbons (Fsp3) is 0.0556. The molecule has 0 unspecified atom stereocenters. The summed E-state index contributed by atoms with van der Waals surface area (Å²) in [7, 11) is -4.94. The van der Waals surface area contributed by atoms with Crippen LogP contribution in [0.5, 0.6) is 0 Å². The van der Waals surface area contributed by atoms with Gasteiger partial charge in [-0.2, -0.15) is 0 Å². The van der Waals surface area contributed by atoms with E-state index in [2.05, 4.69) is 0 Å². The summed E-state index contributed by atoms with van der Waals surface area (Å²) in [5, 5.41) is 0. The van der Waals surface area contributed by atoms with Crippen LogP contribution in [0.1, 0.15) is 5.76 Å². The Morgan fingerprint density at radius 1 is 0.690 bits per heavy atom. The molecule has 0 spiro atoms. The first-order chi connectivity index (χ1) is 13.4. The van der Waals surface area contributed by atoms with Crippen molar-refractivity contribution in [2.75, 3.05) is 0 Å². The third-order valence-corrected chi connectivity index (χ3v) is 3.48. The summed E-state index contributed by atoms with van der Waals surface area (Å²) >= 11 is 0. The molecule has 0 atom stereocenters. The molecule has 154 valence electrons. The van der Waals surface area contributed by atoms with Crippen molar-refractivity contribution in [3.8, 4) is 22.5 Å². The van der Waals surface area contributed by atoms with Crippen LogP contribution in [0.4, 0.5) is 22.0 Å². The first kappa shape index (κ1) is 22.7. The van der Waals surface area contributed by atoms with Crippen LogP contribution in [0, 0.1) is 46.3 Å². The largest absolute Gasteiger partial charge is 0.366 e. The van der Waals surface area contributed by atoms with E-state index < -0.39 is 50.7 Å². The second-order valence-electron chi connectivity index (χ2n) is 5.51. The van der Waals surface area contributed by atoms with Crippen molar-refractivity contribution in [1.29, 1.82) is 0 Å². The lowest BCUT2D eigenvalue weighted by Crippen LogP contribution is -2.68. The molecule has 0 aliphatic carbocycles. The maximum Gasteiger partial charge on any atom is 0.366 e. The van der Waals surface area contributed by atoms with E-state index in [0.717, 1.165) is 0 Å². The zero-order valence-corrected chi connectivity index (χ0v) is 15.1. The smallest absolute Gasteiger partial charge is 0.222 e. The Hall–Kier alpha value is -2.63. The summed E-state index contributed by atoms with van der Waals surface area (Å²) in [6.45, 7) is 1.52. The van der Waals surface area contributed by atoms with Crippen molar-refractivity contribution in [2.45, 2.75) is 6.92 Å². The zero-order valence-electron chi connectivity index (χ0n) is 14.4. The van der Waals surface area contributed by atoms with Gasteiger partial charge < -0.3 is 0 Å². The number of rotatable bonds is 2. The van der Waals surface area contributed by atoms with E-state index in [9.17, 15) is 22.0 Å². The minimum atomic E-state index is -4.94. The van der Waals surface area contributed by atoms with Gasteiger partial charge in [-0.15, -0.1) is 10.2 Å². The maximum absolute atomic E-state index is 14.0. The van der Waals surface area contributed by atoms with Crippen LogP contribution in [-0.4, -0.2) is 0 Å². The number of hydrogen-bond acceptors (Lipinski definition) is 4. The zero-order chi connectivity index (χ0) is 21.9. The van der Waals surface area contributed by atoms with Gasteiger partial charge in [0.1, 0.15) is 0 Å². The summed E-state index contributed by atoms with van der Waals surface area (Å²) in [4.78, 5) is 0. The van der Waals surface area contributed by atoms with Gasteiger partial charge in [0.25, 0.3) is 0 Å². The lowest BCUT2D eigenvalue weighted by atomic mass is 10.0. The van der Waals surface area contributed by atoms with Crippen LogP contribution < -0.4 is 18.6 Å². The molecule has 3 aromatic rings. The van der Waals surface area contributed by atoms with Crippen molar-refractivity contribution in [1.82, 2.24) is 0 Å². The van der Waals surface area contributed by atoms with Gasteiger partial charge in [0.05, 0.1) is 13.0 Å². The highest BCUT2D eigenvalue weighted by atomic mass is 35.7. The number of hydrogen-bond donors (Lipinski definition) is 0. The minimum absolute atomic E-state index is 0.260. The molecule has 0 radical (unpaired) electrons. The van der Waals surface area contributed by atoms with Gasteiger partial charge in [-0.25, -0.2) is 45.0 Å². The Balaban J connectivity index is 0.000000537. The second-order valence-corrected chi connectivity index (χ2v) is 6.27. The molecule has 0 bridgehead atoms. The van der Waals surface area contributed by atoms with Crippen LogP contribution in [0.15, 0.2) is 46.9 Å². The third-order valence-electron chi connectivity index (χ3n) is 3.48. The lowest BCUT2D eigenvalue weighted by Gasteiger charge is -2.17. The molecule has 0 saturated carbocycles. The Labute approximate surface area is 162 Å². The van der Waals surface area contributed by atoms with Crippen molar-refractivity contribution in [3.63, 3.8) is 0 Å². The van der Waals surface area contributed by atoms with E-state index in [1.165, 1.54) is 13.0 Å². The van der Waals surface area contributed by atoms with Crippen molar-refractivity contribution in [3.05, 3.63) is 77.3 Å². The average molecular weight is 437 g/mol. The van der Waals surface area contributed by atoms with Gasteiger partial charge in [-0.1, -0.05) is 30.3 Å². The van der Waals surface area contributed by atoms with Gasteiger partial charge >= 0.3 is 11.5 Å². The summed E-state index contributed by atoms with van der Waals surface area (Å²) in [6, 6.07) is 11.6. The van der Waals surface area contributed by atoms with Crippen molar-refractivity contribution < 1.29 is 55.2 Å². The fourth-order valence-electron chi connectivity index (χ4n) is 2.38. The molecule has 0 N–H and O–H groups in total. The molecule has 0 aliphatic heterocycles. The van der Waals surface area contributed by atoms with E-state index in [4.69, 9.17) is 23.1 Å². The van der Waals surface area contributed by atoms with Crippen molar-refractivity contribution >= 4 is 0 Å². The van der Waals surface area contributed by atoms with Crippen molar-refractivity contribution in [2.24, 2.45) is 0 Å². The molecule has 5 nitrogen and oxygen atoms in total. The highest BCUT2D eigenvalue weighted by Crippen LogP contribution is 2.34. The summed E-state index contributed by atoms with van der Waals surface area (Å²) in [5.41, 5.74) is 0.145. The molecule has 1 aromatic heterocycles. The van der Waals surface area contributed by atoms with Gasteiger partial charge in [0.2, 0.25) is 5.82 Å². The SMILES string of the molecule is Cc1cc(-c2ccccc2)cc(-c2c(F)c(F)c(F)c(F)c2F)[o+]1.[O-][Cl+3]([O-])([O-])[O-]. The van der Waals surface area contributed by atoms with Gasteiger partial charge in [0.15, 0.2) is 28.8 Å². The second kappa shape index (κ2) is 8.80. The van der Waals surface area contributed by atoms with Gasteiger partial charge in [0, 0.05) is 11.6 Å². The van der Waals surface area contributed by atoms with Crippen LogP contribution in [0.25, 0.3) is 22.5 Å².